The van der Waals surface area contributed by atoms with Crippen LogP contribution in [-0.4, -0.2) is 34.1 Å². The quantitative estimate of drug-likeness (QED) is 0.879. The van der Waals surface area contributed by atoms with Crippen molar-refractivity contribution in [3.63, 3.8) is 0 Å². The molecule has 0 spiro atoms. The van der Waals surface area contributed by atoms with Crippen molar-refractivity contribution in [1.82, 2.24) is 9.97 Å². The molecule has 1 saturated heterocycles. The summed E-state index contributed by atoms with van der Waals surface area (Å²) in [6.07, 6.45) is 5.51. The average molecular weight is 247 g/mol. The second-order valence-corrected chi connectivity index (χ2v) is 5.17. The van der Waals surface area contributed by atoms with E-state index in [-0.39, 0.29) is 5.92 Å². The van der Waals surface area contributed by atoms with Gasteiger partial charge in [0.2, 0.25) is 0 Å². The second-order valence-electron chi connectivity index (χ2n) is 5.17. The van der Waals surface area contributed by atoms with Gasteiger partial charge in [0, 0.05) is 30.8 Å². The molecule has 5 heteroatoms. The van der Waals surface area contributed by atoms with Gasteiger partial charge in [-0.1, -0.05) is 0 Å². The van der Waals surface area contributed by atoms with Gasteiger partial charge in [0.1, 0.15) is 12.1 Å². The van der Waals surface area contributed by atoms with E-state index in [9.17, 15) is 4.79 Å². The summed E-state index contributed by atoms with van der Waals surface area (Å²) >= 11 is 0. The highest BCUT2D eigenvalue weighted by Crippen LogP contribution is 2.39. The monoisotopic (exact) mass is 247 g/mol. The first-order chi connectivity index (χ1) is 8.74. The Balaban J connectivity index is 1.68. The molecule has 2 fully saturated rings. The van der Waals surface area contributed by atoms with E-state index in [0.29, 0.717) is 18.8 Å². The third-order valence-electron chi connectivity index (χ3n) is 3.84. The Morgan fingerprint density at radius 1 is 1.22 bits per heavy atom. The number of carbonyl (C=O) groups is 1. The summed E-state index contributed by atoms with van der Waals surface area (Å²) in [7, 11) is 0. The van der Waals surface area contributed by atoms with Crippen molar-refractivity contribution in [1.29, 1.82) is 0 Å². The average Bonchev–Trinajstić information content (AvgIpc) is 3.23. The molecule has 0 bridgehead atoms. The van der Waals surface area contributed by atoms with Crippen molar-refractivity contribution in [2.45, 2.75) is 31.6 Å². The van der Waals surface area contributed by atoms with Crippen LogP contribution in [-0.2, 0) is 4.79 Å². The van der Waals surface area contributed by atoms with E-state index in [1.165, 1.54) is 12.8 Å². The summed E-state index contributed by atoms with van der Waals surface area (Å²) in [6.45, 7) is 1.55. The number of hydrogen-bond donors (Lipinski definition) is 1. The fourth-order valence-electron chi connectivity index (χ4n) is 2.49. The first kappa shape index (κ1) is 11.4. The summed E-state index contributed by atoms with van der Waals surface area (Å²) in [5.74, 6) is 0.723. The zero-order valence-corrected chi connectivity index (χ0v) is 10.2. The highest BCUT2D eigenvalue weighted by Gasteiger charge is 2.28. The van der Waals surface area contributed by atoms with Crippen LogP contribution >= 0.6 is 0 Å². The van der Waals surface area contributed by atoms with Crippen LogP contribution in [0.15, 0.2) is 12.4 Å². The van der Waals surface area contributed by atoms with E-state index in [1.54, 1.807) is 6.33 Å². The summed E-state index contributed by atoms with van der Waals surface area (Å²) in [4.78, 5) is 21.7. The molecular weight excluding hydrogens is 230 g/mol. The third-order valence-corrected chi connectivity index (χ3v) is 3.84. The lowest BCUT2D eigenvalue weighted by Gasteiger charge is -2.31. The molecule has 1 aromatic rings. The van der Waals surface area contributed by atoms with Crippen LogP contribution in [0.4, 0.5) is 5.82 Å². The first-order valence-corrected chi connectivity index (χ1v) is 6.54. The normalized spacial score (nSPS) is 21.0. The van der Waals surface area contributed by atoms with Crippen molar-refractivity contribution in [3.05, 3.63) is 18.1 Å². The number of aromatic nitrogens is 2. The minimum Gasteiger partial charge on any atom is -0.481 e. The Kier molecular flexibility index (Phi) is 2.89. The molecular formula is C13H17N3O2. The number of rotatable bonds is 3. The first-order valence-electron chi connectivity index (χ1n) is 6.54. The minimum absolute atomic E-state index is 0.189. The predicted molar refractivity (Wildman–Crippen MR) is 66.6 cm³/mol. The molecule has 1 aromatic heterocycles. The SMILES string of the molecule is O=C(O)C1CCN(c2cc(C3CC3)ncn2)CC1. The van der Waals surface area contributed by atoms with Gasteiger partial charge in [0.05, 0.1) is 5.92 Å². The molecule has 0 radical (unpaired) electrons. The zero-order chi connectivity index (χ0) is 12.5. The standard InChI is InChI=1S/C13H17N3O2/c17-13(18)10-3-5-16(6-4-10)12-7-11(9-1-2-9)14-8-15-12/h7-10H,1-6H2,(H,17,18). The maximum Gasteiger partial charge on any atom is 0.306 e. The van der Waals surface area contributed by atoms with Crippen molar-refractivity contribution >= 4 is 11.8 Å². The Morgan fingerprint density at radius 3 is 2.56 bits per heavy atom. The molecule has 1 N–H and O–H groups in total. The van der Waals surface area contributed by atoms with Gasteiger partial charge >= 0.3 is 5.97 Å². The van der Waals surface area contributed by atoms with Gasteiger partial charge in [-0.25, -0.2) is 9.97 Å². The third kappa shape index (κ3) is 2.30. The fourth-order valence-corrected chi connectivity index (χ4v) is 2.49. The molecule has 1 aliphatic carbocycles. The molecule has 96 valence electrons. The maximum absolute atomic E-state index is 10.9. The molecule has 5 nitrogen and oxygen atoms in total. The maximum atomic E-state index is 10.9. The molecule has 0 aromatic carbocycles. The van der Waals surface area contributed by atoms with Gasteiger partial charge in [-0.2, -0.15) is 0 Å². The van der Waals surface area contributed by atoms with Crippen LogP contribution in [0.25, 0.3) is 0 Å². The van der Waals surface area contributed by atoms with Crippen LogP contribution in [0.2, 0.25) is 0 Å². The van der Waals surface area contributed by atoms with Crippen molar-refractivity contribution < 1.29 is 9.90 Å². The van der Waals surface area contributed by atoms with Gasteiger partial charge < -0.3 is 10.0 Å². The molecule has 1 saturated carbocycles. The lowest BCUT2D eigenvalue weighted by molar-refractivity contribution is -0.142. The van der Waals surface area contributed by atoms with E-state index in [1.807, 2.05) is 0 Å². The number of carboxylic acids is 1. The molecule has 3 rings (SSSR count). The number of piperidine rings is 1. The van der Waals surface area contributed by atoms with Crippen molar-refractivity contribution in [2.24, 2.45) is 5.92 Å². The van der Waals surface area contributed by atoms with Gasteiger partial charge in [-0.05, 0) is 25.7 Å². The van der Waals surface area contributed by atoms with Gasteiger partial charge in [0.15, 0.2) is 0 Å². The molecule has 2 aliphatic rings. The number of anilines is 1. The highest BCUT2D eigenvalue weighted by molar-refractivity contribution is 5.70. The molecule has 0 atom stereocenters. The molecule has 0 unspecified atom stereocenters. The van der Waals surface area contributed by atoms with Crippen molar-refractivity contribution in [2.75, 3.05) is 18.0 Å². The van der Waals surface area contributed by atoms with Gasteiger partial charge in [0.25, 0.3) is 0 Å². The summed E-state index contributed by atoms with van der Waals surface area (Å²) in [5, 5.41) is 8.98. The van der Waals surface area contributed by atoms with Crippen LogP contribution < -0.4 is 4.90 Å². The minimum atomic E-state index is -0.670. The van der Waals surface area contributed by atoms with Crippen LogP contribution in [0.3, 0.4) is 0 Å². The fraction of sp³-hybridized carbons (Fsp3) is 0.615. The highest BCUT2D eigenvalue weighted by atomic mass is 16.4. The smallest absolute Gasteiger partial charge is 0.306 e. The molecule has 1 aliphatic heterocycles. The van der Waals surface area contributed by atoms with Crippen LogP contribution in [0.5, 0.6) is 0 Å². The number of hydrogen-bond acceptors (Lipinski definition) is 4. The van der Waals surface area contributed by atoms with Gasteiger partial charge in [-0.15, -0.1) is 0 Å². The van der Waals surface area contributed by atoms with Crippen molar-refractivity contribution in [3.8, 4) is 0 Å². The number of nitrogens with zero attached hydrogens (tertiary/aromatic N) is 3. The van der Waals surface area contributed by atoms with E-state index in [4.69, 9.17) is 5.11 Å². The Bertz CT molecular complexity index is 451. The van der Waals surface area contributed by atoms with Crippen LogP contribution in [0, 0.1) is 5.92 Å². The Hall–Kier alpha value is -1.65. The summed E-state index contributed by atoms with van der Waals surface area (Å²) in [5.41, 5.74) is 1.14. The van der Waals surface area contributed by atoms with E-state index >= 15 is 0 Å². The zero-order valence-electron chi connectivity index (χ0n) is 10.2. The molecule has 2 heterocycles. The van der Waals surface area contributed by atoms with E-state index < -0.39 is 5.97 Å². The molecule has 0 amide bonds. The van der Waals surface area contributed by atoms with Gasteiger partial charge in [-0.3, -0.25) is 4.79 Å². The topological polar surface area (TPSA) is 66.3 Å². The van der Waals surface area contributed by atoms with Crippen LogP contribution in [0.1, 0.15) is 37.3 Å². The lowest BCUT2D eigenvalue weighted by Crippen LogP contribution is -2.36. The Morgan fingerprint density at radius 2 is 1.94 bits per heavy atom. The summed E-state index contributed by atoms with van der Waals surface area (Å²) < 4.78 is 0. The predicted octanol–water partition coefficient (Wildman–Crippen LogP) is 1.65. The summed E-state index contributed by atoms with van der Waals surface area (Å²) in [6, 6.07) is 2.07. The van der Waals surface area contributed by atoms with E-state index in [0.717, 1.165) is 24.6 Å². The van der Waals surface area contributed by atoms with E-state index in [2.05, 4.69) is 20.9 Å². The number of aliphatic carboxylic acids is 1. The second kappa shape index (κ2) is 4.55. The molecule has 18 heavy (non-hydrogen) atoms. The Labute approximate surface area is 106 Å². The largest absolute Gasteiger partial charge is 0.481 e. The lowest BCUT2D eigenvalue weighted by atomic mass is 9.97. The number of carboxylic acid groups (broad SMARTS) is 1.